The molecule has 0 fully saturated rings. The molecule has 1 atom stereocenters. The molecule has 0 amide bonds. The second-order valence-electron chi connectivity index (χ2n) is 5.07. The van der Waals surface area contributed by atoms with Crippen LogP contribution in [0.15, 0.2) is 28.6 Å². The molecule has 0 aliphatic carbocycles. The van der Waals surface area contributed by atoms with E-state index < -0.39 is 26.8 Å². The first-order valence-electron chi connectivity index (χ1n) is 7.37. The summed E-state index contributed by atoms with van der Waals surface area (Å²) in [5.41, 5.74) is 0.242. The number of nitrogens with zero attached hydrogens (tertiary/aromatic N) is 1. The zero-order valence-corrected chi connectivity index (χ0v) is 15.7. The van der Waals surface area contributed by atoms with Crippen molar-refractivity contribution in [3.05, 3.63) is 34.5 Å². The van der Waals surface area contributed by atoms with Crippen molar-refractivity contribution in [2.24, 2.45) is 0 Å². The summed E-state index contributed by atoms with van der Waals surface area (Å²) in [6, 6.07) is 2.05. The van der Waals surface area contributed by atoms with Crippen molar-refractivity contribution in [1.29, 1.82) is 0 Å². The van der Waals surface area contributed by atoms with Crippen LogP contribution in [0.2, 0.25) is 5.02 Å². The Labute approximate surface area is 154 Å². The zero-order valence-electron chi connectivity index (χ0n) is 13.3. The summed E-state index contributed by atoms with van der Waals surface area (Å²) in [5.74, 6) is -0.940. The second-order valence-corrected chi connectivity index (χ2v) is 8.03. The third-order valence-electron chi connectivity index (χ3n) is 3.22. The van der Waals surface area contributed by atoms with Gasteiger partial charge in [0, 0.05) is 18.1 Å². The van der Waals surface area contributed by atoms with Gasteiger partial charge in [0.05, 0.1) is 23.5 Å². The van der Waals surface area contributed by atoms with E-state index in [0.29, 0.717) is 13.0 Å². The Kier molecular flexibility index (Phi) is 6.96. The van der Waals surface area contributed by atoms with Crippen LogP contribution >= 0.6 is 22.9 Å². The van der Waals surface area contributed by atoms with Gasteiger partial charge in [-0.3, -0.25) is 10.0 Å². The van der Waals surface area contributed by atoms with Crippen LogP contribution in [0.4, 0.5) is 15.2 Å². The fraction of sp³-hybridized carbons (Fsp3) is 0.357. The molecule has 0 aliphatic rings. The highest BCUT2D eigenvalue weighted by Gasteiger charge is 2.22. The smallest absolute Gasteiger partial charge is 0.266 e. The van der Waals surface area contributed by atoms with E-state index in [-0.39, 0.29) is 22.5 Å². The number of hydrogen-bond acceptors (Lipinski definition) is 7. The molecule has 0 radical (unpaired) electrons. The lowest BCUT2D eigenvalue weighted by molar-refractivity contribution is 0.168. The number of sulfonamides is 1. The van der Waals surface area contributed by atoms with Crippen LogP contribution in [0, 0.1) is 5.82 Å². The SMILES string of the molecule is CCC(O)CNCNc1cc(F)c(S(=O)(=O)Nc2nccs2)cc1Cl. The van der Waals surface area contributed by atoms with E-state index in [4.69, 9.17) is 11.6 Å². The fourth-order valence-corrected chi connectivity index (χ4v) is 4.02. The van der Waals surface area contributed by atoms with Gasteiger partial charge in [0.2, 0.25) is 0 Å². The Morgan fingerprint density at radius 2 is 2.20 bits per heavy atom. The minimum atomic E-state index is -4.13. The molecular formula is C14H18ClFN4O3S2. The summed E-state index contributed by atoms with van der Waals surface area (Å²) in [6.45, 7) is 2.46. The summed E-state index contributed by atoms with van der Waals surface area (Å²) in [5, 5.41) is 17.0. The Balaban J connectivity index is 2.08. The molecule has 2 aromatic rings. The average molecular weight is 409 g/mol. The Bertz CT molecular complexity index is 803. The van der Waals surface area contributed by atoms with Gasteiger partial charge >= 0.3 is 0 Å². The molecular weight excluding hydrogens is 391 g/mol. The Morgan fingerprint density at radius 3 is 2.84 bits per heavy atom. The van der Waals surface area contributed by atoms with Crippen LogP contribution in [0.1, 0.15) is 13.3 Å². The van der Waals surface area contributed by atoms with E-state index in [1.54, 1.807) is 5.38 Å². The molecule has 0 bridgehead atoms. The molecule has 0 saturated carbocycles. The van der Waals surface area contributed by atoms with Crippen molar-refractivity contribution in [3.8, 4) is 0 Å². The summed E-state index contributed by atoms with van der Waals surface area (Å²) >= 11 is 7.12. The molecule has 2 rings (SSSR count). The van der Waals surface area contributed by atoms with Crippen molar-refractivity contribution in [2.45, 2.75) is 24.3 Å². The topological polar surface area (TPSA) is 103 Å². The summed E-state index contributed by atoms with van der Waals surface area (Å²) < 4.78 is 40.9. The molecule has 4 N–H and O–H groups in total. The van der Waals surface area contributed by atoms with Crippen LogP contribution in [-0.4, -0.2) is 37.8 Å². The number of hydrogen-bond donors (Lipinski definition) is 4. The third-order valence-corrected chi connectivity index (χ3v) is 5.70. The van der Waals surface area contributed by atoms with Crippen molar-refractivity contribution in [2.75, 3.05) is 23.3 Å². The van der Waals surface area contributed by atoms with Gasteiger partial charge in [0.1, 0.15) is 10.7 Å². The van der Waals surface area contributed by atoms with Gasteiger partial charge in [-0.2, -0.15) is 0 Å². The molecule has 11 heteroatoms. The number of thiazole rings is 1. The lowest BCUT2D eigenvalue weighted by Gasteiger charge is -2.14. The Morgan fingerprint density at radius 1 is 1.44 bits per heavy atom. The first-order chi connectivity index (χ1) is 11.8. The van der Waals surface area contributed by atoms with Gasteiger partial charge in [-0.25, -0.2) is 17.8 Å². The predicted octanol–water partition coefficient (Wildman–Crippen LogP) is 2.47. The lowest BCUT2D eigenvalue weighted by Crippen LogP contribution is -2.30. The largest absolute Gasteiger partial charge is 0.392 e. The van der Waals surface area contributed by atoms with E-state index in [9.17, 15) is 17.9 Å². The molecule has 1 unspecified atom stereocenters. The molecule has 0 aliphatic heterocycles. The van der Waals surface area contributed by atoms with E-state index >= 15 is 0 Å². The van der Waals surface area contributed by atoms with Crippen molar-refractivity contribution in [3.63, 3.8) is 0 Å². The number of aliphatic hydroxyl groups is 1. The number of benzene rings is 1. The maximum absolute atomic E-state index is 14.3. The number of halogens is 2. The number of aliphatic hydroxyl groups excluding tert-OH is 1. The van der Waals surface area contributed by atoms with Crippen LogP contribution in [0.25, 0.3) is 0 Å². The summed E-state index contributed by atoms with van der Waals surface area (Å²) in [4.78, 5) is 3.24. The zero-order chi connectivity index (χ0) is 18.4. The minimum absolute atomic E-state index is 0.0544. The maximum Gasteiger partial charge on any atom is 0.266 e. The standard InChI is InChI=1S/C14H18ClFN4O3S2/c1-2-9(21)7-17-8-19-12-6-11(16)13(5-10(12)15)25(22,23)20-14-18-3-4-24-14/h3-6,9,17,19,21H,2,7-8H2,1H3,(H,18,20). The first-order valence-corrected chi connectivity index (χ1v) is 10.1. The van der Waals surface area contributed by atoms with Gasteiger partial charge < -0.3 is 10.4 Å². The monoisotopic (exact) mass is 408 g/mol. The predicted molar refractivity (Wildman–Crippen MR) is 97.1 cm³/mol. The molecule has 1 aromatic heterocycles. The summed E-state index contributed by atoms with van der Waals surface area (Å²) in [6.07, 6.45) is 1.57. The number of nitrogens with one attached hydrogen (secondary N) is 3. The fourth-order valence-electron chi connectivity index (χ4n) is 1.85. The molecule has 1 aromatic carbocycles. The van der Waals surface area contributed by atoms with E-state index in [0.717, 1.165) is 23.5 Å². The third kappa shape index (κ3) is 5.51. The quantitative estimate of drug-likeness (QED) is 0.375. The van der Waals surface area contributed by atoms with Crippen molar-refractivity contribution < 1.29 is 17.9 Å². The van der Waals surface area contributed by atoms with E-state index in [1.165, 1.54) is 6.20 Å². The highest BCUT2D eigenvalue weighted by Crippen LogP contribution is 2.29. The normalized spacial score (nSPS) is 12.8. The minimum Gasteiger partial charge on any atom is -0.392 e. The molecule has 138 valence electrons. The van der Waals surface area contributed by atoms with Gasteiger partial charge in [0.25, 0.3) is 10.0 Å². The van der Waals surface area contributed by atoms with Gasteiger partial charge in [-0.1, -0.05) is 18.5 Å². The van der Waals surface area contributed by atoms with Gasteiger partial charge in [-0.15, -0.1) is 11.3 Å². The van der Waals surface area contributed by atoms with Crippen LogP contribution in [-0.2, 0) is 10.0 Å². The van der Waals surface area contributed by atoms with Crippen LogP contribution in [0.5, 0.6) is 0 Å². The van der Waals surface area contributed by atoms with Crippen molar-refractivity contribution >= 4 is 43.8 Å². The van der Waals surface area contributed by atoms with E-state index in [2.05, 4.69) is 20.3 Å². The average Bonchev–Trinajstić information content (AvgIpc) is 3.05. The van der Waals surface area contributed by atoms with Crippen molar-refractivity contribution in [1.82, 2.24) is 10.3 Å². The Hall–Kier alpha value is -1.46. The van der Waals surface area contributed by atoms with E-state index in [1.807, 2.05) is 6.92 Å². The molecule has 1 heterocycles. The molecule has 7 nitrogen and oxygen atoms in total. The highest BCUT2D eigenvalue weighted by molar-refractivity contribution is 7.93. The van der Waals surface area contributed by atoms with Gasteiger partial charge in [0.15, 0.2) is 5.13 Å². The summed E-state index contributed by atoms with van der Waals surface area (Å²) in [7, 11) is -4.13. The van der Waals surface area contributed by atoms with Crippen LogP contribution in [0.3, 0.4) is 0 Å². The van der Waals surface area contributed by atoms with Crippen LogP contribution < -0.4 is 15.4 Å². The number of rotatable bonds is 9. The highest BCUT2D eigenvalue weighted by atomic mass is 35.5. The maximum atomic E-state index is 14.3. The number of aromatic nitrogens is 1. The first kappa shape index (κ1) is 19.9. The molecule has 25 heavy (non-hydrogen) atoms. The second kappa shape index (κ2) is 8.77. The molecule has 0 saturated heterocycles. The lowest BCUT2D eigenvalue weighted by atomic mass is 10.3. The number of anilines is 2. The molecule has 0 spiro atoms. The van der Waals surface area contributed by atoms with Gasteiger partial charge in [-0.05, 0) is 18.6 Å².